The summed E-state index contributed by atoms with van der Waals surface area (Å²) in [6.07, 6.45) is 1.90. The molecule has 15 heavy (non-hydrogen) atoms. The monoisotopic (exact) mass is 217 g/mol. The van der Waals surface area contributed by atoms with Gasteiger partial charge in [0.15, 0.2) is 0 Å². The Morgan fingerprint density at radius 3 is 2.27 bits per heavy atom. The van der Waals surface area contributed by atoms with E-state index in [1.807, 2.05) is 26.3 Å². The standard InChI is InChI=1S/C11H11N3S/c1-7-4-10(14-2)11(15-3)9(6-13)8(7)5-12/h4,14H,1-3H3. The number of benzene rings is 1. The molecule has 0 aromatic heterocycles. The zero-order valence-corrected chi connectivity index (χ0v) is 9.70. The fourth-order valence-electron chi connectivity index (χ4n) is 1.45. The Morgan fingerprint density at radius 1 is 1.27 bits per heavy atom. The Hall–Kier alpha value is -1.65. The van der Waals surface area contributed by atoms with Crippen LogP contribution < -0.4 is 5.32 Å². The van der Waals surface area contributed by atoms with Crippen LogP contribution in [0.2, 0.25) is 0 Å². The number of hydrogen-bond acceptors (Lipinski definition) is 4. The molecule has 0 atom stereocenters. The number of hydrogen-bond donors (Lipinski definition) is 1. The number of anilines is 1. The minimum Gasteiger partial charge on any atom is -0.387 e. The zero-order chi connectivity index (χ0) is 11.4. The maximum atomic E-state index is 9.06. The summed E-state index contributed by atoms with van der Waals surface area (Å²) in [6, 6.07) is 6.07. The van der Waals surface area contributed by atoms with Gasteiger partial charge in [-0.1, -0.05) is 0 Å². The summed E-state index contributed by atoms with van der Waals surface area (Å²) in [5, 5.41) is 21.1. The average Bonchev–Trinajstić information content (AvgIpc) is 2.27. The molecule has 0 bridgehead atoms. The largest absolute Gasteiger partial charge is 0.387 e. The van der Waals surface area contributed by atoms with E-state index in [9.17, 15) is 0 Å². The number of nitrogens with one attached hydrogen (secondary N) is 1. The molecule has 0 spiro atoms. The van der Waals surface area contributed by atoms with Gasteiger partial charge in [0.2, 0.25) is 0 Å². The first-order chi connectivity index (χ1) is 7.19. The van der Waals surface area contributed by atoms with Gasteiger partial charge < -0.3 is 5.32 Å². The summed E-state index contributed by atoms with van der Waals surface area (Å²) in [7, 11) is 1.81. The van der Waals surface area contributed by atoms with Crippen LogP contribution in [0, 0.1) is 29.6 Å². The molecular weight excluding hydrogens is 206 g/mol. The molecule has 3 nitrogen and oxygen atoms in total. The minimum atomic E-state index is 0.467. The SMILES string of the molecule is CNc1cc(C)c(C#N)c(C#N)c1SC. The Balaban J connectivity index is 3.63. The van der Waals surface area contributed by atoms with Crippen LogP contribution in [0.4, 0.5) is 5.69 Å². The second-order valence-electron chi connectivity index (χ2n) is 3.00. The lowest BCUT2D eigenvalue weighted by Gasteiger charge is -2.11. The van der Waals surface area contributed by atoms with Crippen molar-refractivity contribution in [3.8, 4) is 12.1 Å². The third kappa shape index (κ3) is 1.91. The Kier molecular flexibility index (Phi) is 3.60. The van der Waals surface area contributed by atoms with Gasteiger partial charge in [-0.3, -0.25) is 0 Å². The topological polar surface area (TPSA) is 59.6 Å². The van der Waals surface area contributed by atoms with Crippen LogP contribution in [0.15, 0.2) is 11.0 Å². The molecule has 1 aromatic carbocycles. The Morgan fingerprint density at radius 2 is 1.87 bits per heavy atom. The third-order valence-corrected chi connectivity index (χ3v) is 3.01. The van der Waals surface area contributed by atoms with Crippen molar-refractivity contribution in [2.24, 2.45) is 0 Å². The minimum absolute atomic E-state index is 0.467. The van der Waals surface area contributed by atoms with Crippen molar-refractivity contribution in [2.45, 2.75) is 11.8 Å². The molecular formula is C11H11N3S. The van der Waals surface area contributed by atoms with Gasteiger partial charge in [0.05, 0.1) is 11.1 Å². The van der Waals surface area contributed by atoms with Gasteiger partial charge in [0.1, 0.15) is 12.1 Å². The first-order valence-electron chi connectivity index (χ1n) is 4.39. The maximum absolute atomic E-state index is 9.06. The van der Waals surface area contributed by atoms with Crippen molar-refractivity contribution >= 4 is 17.4 Å². The lowest BCUT2D eigenvalue weighted by molar-refractivity contribution is 1.26. The smallest absolute Gasteiger partial charge is 0.102 e. The van der Waals surface area contributed by atoms with Crippen LogP contribution in [-0.2, 0) is 0 Å². The van der Waals surface area contributed by atoms with E-state index in [1.54, 1.807) is 0 Å². The van der Waals surface area contributed by atoms with Gasteiger partial charge in [-0.25, -0.2) is 0 Å². The molecule has 0 fully saturated rings. The van der Waals surface area contributed by atoms with E-state index in [0.717, 1.165) is 16.1 Å². The predicted octanol–water partition coefficient (Wildman–Crippen LogP) is 2.50. The summed E-state index contributed by atoms with van der Waals surface area (Å²) < 4.78 is 0. The highest BCUT2D eigenvalue weighted by molar-refractivity contribution is 7.98. The molecule has 0 heterocycles. The highest BCUT2D eigenvalue weighted by Crippen LogP contribution is 2.32. The van der Waals surface area contributed by atoms with Gasteiger partial charge in [-0.05, 0) is 24.8 Å². The number of nitriles is 2. The number of aryl methyl sites for hydroxylation is 1. The van der Waals surface area contributed by atoms with Crippen molar-refractivity contribution in [3.05, 3.63) is 22.8 Å². The number of nitrogens with zero attached hydrogens (tertiary/aromatic N) is 2. The van der Waals surface area contributed by atoms with Crippen molar-refractivity contribution in [1.29, 1.82) is 10.5 Å². The van der Waals surface area contributed by atoms with Crippen molar-refractivity contribution in [3.63, 3.8) is 0 Å². The fourth-order valence-corrected chi connectivity index (χ4v) is 2.18. The van der Waals surface area contributed by atoms with Gasteiger partial charge in [-0.2, -0.15) is 10.5 Å². The predicted molar refractivity (Wildman–Crippen MR) is 61.9 cm³/mol. The highest BCUT2D eigenvalue weighted by atomic mass is 32.2. The maximum Gasteiger partial charge on any atom is 0.102 e. The molecule has 0 aliphatic rings. The highest BCUT2D eigenvalue weighted by Gasteiger charge is 2.14. The number of rotatable bonds is 2. The molecule has 0 aliphatic carbocycles. The van der Waals surface area contributed by atoms with Crippen LogP contribution in [0.25, 0.3) is 0 Å². The summed E-state index contributed by atoms with van der Waals surface area (Å²) in [6.45, 7) is 1.84. The average molecular weight is 217 g/mol. The van der Waals surface area contributed by atoms with E-state index in [2.05, 4.69) is 17.5 Å². The molecule has 0 radical (unpaired) electrons. The van der Waals surface area contributed by atoms with Gasteiger partial charge >= 0.3 is 0 Å². The van der Waals surface area contributed by atoms with Crippen molar-refractivity contribution in [1.82, 2.24) is 0 Å². The quantitative estimate of drug-likeness (QED) is 0.773. The zero-order valence-electron chi connectivity index (χ0n) is 8.88. The molecule has 1 aromatic rings. The van der Waals surface area contributed by atoms with Crippen LogP contribution >= 0.6 is 11.8 Å². The third-order valence-electron chi connectivity index (χ3n) is 2.17. The van der Waals surface area contributed by atoms with Crippen LogP contribution in [0.1, 0.15) is 16.7 Å². The van der Waals surface area contributed by atoms with Crippen molar-refractivity contribution < 1.29 is 0 Å². The van der Waals surface area contributed by atoms with E-state index < -0.39 is 0 Å². The van der Waals surface area contributed by atoms with Crippen LogP contribution in [0.3, 0.4) is 0 Å². The summed E-state index contributed by atoms with van der Waals surface area (Å²) in [4.78, 5) is 0.835. The van der Waals surface area contributed by atoms with Crippen molar-refractivity contribution in [2.75, 3.05) is 18.6 Å². The Labute approximate surface area is 93.7 Å². The second kappa shape index (κ2) is 4.72. The molecule has 0 aliphatic heterocycles. The summed E-state index contributed by atoms with van der Waals surface area (Å²) in [5.74, 6) is 0. The molecule has 1 rings (SSSR count). The first-order valence-corrected chi connectivity index (χ1v) is 5.61. The summed E-state index contributed by atoms with van der Waals surface area (Å²) in [5.41, 5.74) is 2.67. The molecule has 1 N–H and O–H groups in total. The lowest BCUT2D eigenvalue weighted by atomic mass is 10.0. The molecule has 0 saturated carbocycles. The normalized spacial score (nSPS) is 9.13. The van der Waals surface area contributed by atoms with E-state index >= 15 is 0 Å². The molecule has 0 amide bonds. The number of thioether (sulfide) groups is 1. The van der Waals surface area contributed by atoms with Crippen LogP contribution in [-0.4, -0.2) is 13.3 Å². The van der Waals surface area contributed by atoms with Gasteiger partial charge in [0.25, 0.3) is 0 Å². The Bertz CT molecular complexity index is 466. The van der Waals surface area contributed by atoms with E-state index in [4.69, 9.17) is 10.5 Å². The molecule has 0 unspecified atom stereocenters. The molecule has 0 saturated heterocycles. The second-order valence-corrected chi connectivity index (χ2v) is 3.81. The van der Waals surface area contributed by atoms with Gasteiger partial charge in [-0.15, -0.1) is 11.8 Å². The van der Waals surface area contributed by atoms with E-state index in [1.165, 1.54) is 11.8 Å². The lowest BCUT2D eigenvalue weighted by Crippen LogP contribution is -1.98. The molecule has 4 heteroatoms. The van der Waals surface area contributed by atoms with E-state index in [-0.39, 0.29) is 0 Å². The summed E-state index contributed by atoms with van der Waals surface area (Å²) >= 11 is 1.47. The van der Waals surface area contributed by atoms with E-state index in [0.29, 0.717) is 11.1 Å². The van der Waals surface area contributed by atoms with Crippen LogP contribution in [0.5, 0.6) is 0 Å². The fraction of sp³-hybridized carbons (Fsp3) is 0.273. The first kappa shape index (κ1) is 11.4. The van der Waals surface area contributed by atoms with Gasteiger partial charge in [0, 0.05) is 17.6 Å². The molecule has 76 valence electrons.